The maximum Gasteiger partial charge on any atom is 0.127 e. The zero-order valence-corrected chi connectivity index (χ0v) is 14.3. The van der Waals surface area contributed by atoms with Gasteiger partial charge in [-0.3, -0.25) is 4.90 Å². The van der Waals surface area contributed by atoms with Crippen molar-refractivity contribution in [3.8, 4) is 5.75 Å². The van der Waals surface area contributed by atoms with E-state index in [1.165, 1.54) is 11.1 Å². The van der Waals surface area contributed by atoms with Crippen molar-refractivity contribution in [2.24, 2.45) is 0 Å². The van der Waals surface area contributed by atoms with Crippen LogP contribution >= 0.6 is 11.6 Å². The Morgan fingerprint density at radius 3 is 2.62 bits per heavy atom. The van der Waals surface area contributed by atoms with Gasteiger partial charge in [0.25, 0.3) is 0 Å². The molecule has 0 saturated carbocycles. The quantitative estimate of drug-likeness (QED) is 0.780. The van der Waals surface area contributed by atoms with E-state index < -0.39 is 0 Å². The Balaban J connectivity index is 1.87. The second kappa shape index (κ2) is 7.48. The molecule has 21 heavy (non-hydrogen) atoms. The SMILES string of the molecule is CC(C)N(CCNCc1cc(Cl)cc2c1OCC2)C(C)C. The van der Waals surface area contributed by atoms with E-state index in [4.69, 9.17) is 16.3 Å². The van der Waals surface area contributed by atoms with Gasteiger partial charge in [-0.2, -0.15) is 0 Å². The average Bonchev–Trinajstić information content (AvgIpc) is 2.85. The fourth-order valence-corrected chi connectivity index (χ4v) is 3.28. The van der Waals surface area contributed by atoms with Crippen LogP contribution in [0.15, 0.2) is 12.1 Å². The van der Waals surface area contributed by atoms with Gasteiger partial charge in [-0.25, -0.2) is 0 Å². The van der Waals surface area contributed by atoms with E-state index in [1.807, 2.05) is 12.1 Å². The molecular weight excluding hydrogens is 284 g/mol. The zero-order chi connectivity index (χ0) is 15.4. The number of rotatable bonds is 7. The first kappa shape index (κ1) is 16.6. The van der Waals surface area contributed by atoms with Crippen LogP contribution in [0.5, 0.6) is 5.75 Å². The summed E-state index contributed by atoms with van der Waals surface area (Å²) in [6.45, 7) is 12.6. The summed E-state index contributed by atoms with van der Waals surface area (Å²) in [4.78, 5) is 2.49. The second-order valence-electron chi connectivity index (χ2n) is 6.25. The number of fused-ring (bicyclic) bond motifs is 1. The molecule has 1 aliphatic heterocycles. The number of hydrogen-bond donors (Lipinski definition) is 1. The van der Waals surface area contributed by atoms with Crippen molar-refractivity contribution in [3.63, 3.8) is 0 Å². The lowest BCUT2D eigenvalue weighted by atomic mass is 10.1. The average molecular weight is 311 g/mol. The summed E-state index contributed by atoms with van der Waals surface area (Å²) in [5.41, 5.74) is 2.42. The predicted molar refractivity (Wildman–Crippen MR) is 89.3 cm³/mol. The third-order valence-corrected chi connectivity index (χ3v) is 4.23. The molecule has 2 rings (SSSR count). The first-order valence-corrected chi connectivity index (χ1v) is 8.27. The Hall–Kier alpha value is -0.770. The van der Waals surface area contributed by atoms with E-state index >= 15 is 0 Å². The Bertz CT molecular complexity index is 466. The summed E-state index contributed by atoms with van der Waals surface area (Å²) in [6.07, 6.45) is 0.970. The molecule has 0 spiro atoms. The highest BCUT2D eigenvalue weighted by atomic mass is 35.5. The maximum absolute atomic E-state index is 6.18. The molecule has 0 unspecified atom stereocenters. The molecule has 3 nitrogen and oxygen atoms in total. The van der Waals surface area contributed by atoms with Gasteiger partial charge in [-0.15, -0.1) is 0 Å². The van der Waals surface area contributed by atoms with Gasteiger partial charge < -0.3 is 10.1 Å². The normalized spacial score (nSPS) is 14.1. The summed E-state index contributed by atoms with van der Waals surface area (Å²) in [6, 6.07) is 5.18. The van der Waals surface area contributed by atoms with Gasteiger partial charge >= 0.3 is 0 Å². The highest BCUT2D eigenvalue weighted by Crippen LogP contribution is 2.32. The van der Waals surface area contributed by atoms with Gasteiger partial charge in [0.2, 0.25) is 0 Å². The Labute approximate surface area is 133 Å². The summed E-state index contributed by atoms with van der Waals surface area (Å²) >= 11 is 6.18. The molecule has 1 aliphatic rings. The van der Waals surface area contributed by atoms with E-state index in [9.17, 15) is 0 Å². The van der Waals surface area contributed by atoms with Gasteiger partial charge in [0.1, 0.15) is 5.75 Å². The molecule has 0 amide bonds. The van der Waals surface area contributed by atoms with E-state index in [0.717, 1.165) is 43.4 Å². The molecule has 0 aliphatic carbocycles. The van der Waals surface area contributed by atoms with Crippen molar-refractivity contribution in [1.82, 2.24) is 10.2 Å². The molecule has 0 fully saturated rings. The molecule has 1 aromatic rings. The maximum atomic E-state index is 6.18. The Kier molecular flexibility index (Phi) is 5.91. The van der Waals surface area contributed by atoms with Crippen molar-refractivity contribution >= 4 is 11.6 Å². The largest absolute Gasteiger partial charge is 0.493 e. The summed E-state index contributed by atoms with van der Waals surface area (Å²) < 4.78 is 5.73. The molecule has 1 heterocycles. The van der Waals surface area contributed by atoms with Crippen LogP contribution in [0.25, 0.3) is 0 Å². The number of halogens is 1. The van der Waals surface area contributed by atoms with Crippen molar-refractivity contribution in [2.75, 3.05) is 19.7 Å². The molecule has 0 bridgehead atoms. The van der Waals surface area contributed by atoms with Crippen molar-refractivity contribution in [2.45, 2.75) is 52.7 Å². The van der Waals surface area contributed by atoms with Crippen LogP contribution < -0.4 is 10.1 Å². The number of nitrogens with one attached hydrogen (secondary N) is 1. The van der Waals surface area contributed by atoms with Crippen LogP contribution in [0.2, 0.25) is 5.02 Å². The van der Waals surface area contributed by atoms with Crippen LogP contribution in [-0.2, 0) is 13.0 Å². The van der Waals surface area contributed by atoms with Gasteiger partial charge in [0.05, 0.1) is 6.61 Å². The fourth-order valence-electron chi connectivity index (χ4n) is 3.02. The molecule has 0 aromatic heterocycles. The molecule has 118 valence electrons. The van der Waals surface area contributed by atoms with E-state index in [0.29, 0.717) is 12.1 Å². The fraction of sp³-hybridized carbons (Fsp3) is 0.647. The van der Waals surface area contributed by atoms with Crippen LogP contribution in [-0.4, -0.2) is 36.7 Å². The highest BCUT2D eigenvalue weighted by Gasteiger charge is 2.17. The minimum atomic E-state index is 0.575. The van der Waals surface area contributed by atoms with Crippen LogP contribution in [0.4, 0.5) is 0 Å². The lowest BCUT2D eigenvalue weighted by molar-refractivity contribution is 0.175. The molecule has 1 aromatic carbocycles. The molecule has 4 heteroatoms. The third kappa shape index (κ3) is 4.35. The number of hydrogen-bond acceptors (Lipinski definition) is 3. The number of benzene rings is 1. The smallest absolute Gasteiger partial charge is 0.127 e. The minimum Gasteiger partial charge on any atom is -0.493 e. The van der Waals surface area contributed by atoms with Gasteiger partial charge in [-0.1, -0.05) is 11.6 Å². The van der Waals surface area contributed by atoms with E-state index in [-0.39, 0.29) is 0 Å². The number of nitrogens with zero attached hydrogens (tertiary/aromatic N) is 1. The van der Waals surface area contributed by atoms with Gasteiger partial charge in [0.15, 0.2) is 0 Å². The topological polar surface area (TPSA) is 24.5 Å². The Morgan fingerprint density at radius 1 is 1.24 bits per heavy atom. The van der Waals surface area contributed by atoms with E-state index in [2.05, 4.69) is 37.9 Å². The molecule has 1 N–H and O–H groups in total. The lowest BCUT2D eigenvalue weighted by Gasteiger charge is -2.30. The van der Waals surface area contributed by atoms with Crippen molar-refractivity contribution in [1.29, 1.82) is 0 Å². The molecule has 0 radical (unpaired) electrons. The summed E-state index contributed by atoms with van der Waals surface area (Å²) in [5.74, 6) is 1.04. The van der Waals surface area contributed by atoms with Crippen LogP contribution in [0.1, 0.15) is 38.8 Å². The van der Waals surface area contributed by atoms with E-state index in [1.54, 1.807) is 0 Å². The lowest BCUT2D eigenvalue weighted by Crippen LogP contribution is -2.41. The molecule has 0 saturated heterocycles. The second-order valence-corrected chi connectivity index (χ2v) is 6.69. The summed E-state index contributed by atoms with van der Waals surface area (Å²) in [7, 11) is 0. The standard InChI is InChI=1S/C17H27ClN2O/c1-12(2)20(13(3)4)7-6-19-11-15-10-16(18)9-14-5-8-21-17(14)15/h9-10,12-13,19H,5-8,11H2,1-4H3. The van der Waals surface area contributed by atoms with Gasteiger partial charge in [-0.05, 0) is 45.4 Å². The van der Waals surface area contributed by atoms with Crippen LogP contribution in [0.3, 0.4) is 0 Å². The first-order valence-electron chi connectivity index (χ1n) is 7.89. The Morgan fingerprint density at radius 2 is 1.95 bits per heavy atom. The van der Waals surface area contributed by atoms with Crippen molar-refractivity contribution in [3.05, 3.63) is 28.3 Å². The summed E-state index contributed by atoms with van der Waals surface area (Å²) in [5, 5.41) is 4.33. The van der Waals surface area contributed by atoms with Crippen molar-refractivity contribution < 1.29 is 4.74 Å². The highest BCUT2D eigenvalue weighted by molar-refractivity contribution is 6.30. The predicted octanol–water partition coefficient (Wildman–Crippen LogP) is 3.48. The molecule has 0 atom stereocenters. The van der Waals surface area contributed by atoms with Crippen LogP contribution in [0, 0.1) is 0 Å². The number of ether oxygens (including phenoxy) is 1. The third-order valence-electron chi connectivity index (χ3n) is 4.01. The monoisotopic (exact) mass is 310 g/mol. The molecular formula is C17H27ClN2O. The first-order chi connectivity index (χ1) is 9.99. The van der Waals surface area contributed by atoms with Gasteiger partial charge in [0, 0.05) is 48.7 Å². The minimum absolute atomic E-state index is 0.575. The zero-order valence-electron chi connectivity index (χ0n) is 13.6.